The van der Waals surface area contributed by atoms with Gasteiger partial charge in [0.15, 0.2) is 5.65 Å². The van der Waals surface area contributed by atoms with Crippen LogP contribution in [0.5, 0.6) is 0 Å². The largest absolute Gasteiger partial charge is 0.408 e. The Morgan fingerprint density at radius 3 is 2.44 bits per heavy atom. The van der Waals surface area contributed by atoms with Gasteiger partial charge < -0.3 is 0 Å². The van der Waals surface area contributed by atoms with Crippen molar-refractivity contribution in [2.45, 2.75) is 17.1 Å². The number of hydrogen-bond acceptors (Lipinski definition) is 6. The molecule has 1 aromatic carbocycles. The number of benzene rings is 1. The van der Waals surface area contributed by atoms with Crippen LogP contribution in [0.2, 0.25) is 0 Å². The summed E-state index contributed by atoms with van der Waals surface area (Å²) >= 11 is 0.795. The first kappa shape index (κ1) is 17.6. The number of alkyl halides is 3. The second kappa shape index (κ2) is 6.28. The summed E-state index contributed by atoms with van der Waals surface area (Å²) in [6, 6.07) is 1.89. The van der Waals surface area contributed by atoms with E-state index in [-0.39, 0.29) is 11.2 Å². The van der Waals surface area contributed by atoms with Gasteiger partial charge in [-0.2, -0.15) is 26.6 Å². The molecule has 0 aliphatic rings. The van der Waals surface area contributed by atoms with Crippen LogP contribution in [0.4, 0.5) is 17.6 Å². The van der Waals surface area contributed by atoms with Crippen LogP contribution in [0, 0.1) is 5.82 Å². The lowest BCUT2D eigenvalue weighted by Crippen LogP contribution is -2.38. The van der Waals surface area contributed by atoms with Gasteiger partial charge in [-0.15, -0.1) is 0 Å². The molecule has 0 aliphatic heterocycles. The molecule has 2 aromatic heterocycles. The monoisotopic (exact) mass is 392 g/mol. The molecular formula is C13H8F4N4O2S2. The summed E-state index contributed by atoms with van der Waals surface area (Å²) in [6.45, 7) is 0. The number of sulfonamides is 1. The highest BCUT2D eigenvalue weighted by molar-refractivity contribution is 7.89. The highest BCUT2D eigenvalue weighted by Gasteiger charge is 2.43. The van der Waals surface area contributed by atoms with Crippen molar-refractivity contribution in [3.63, 3.8) is 0 Å². The smallest absolute Gasteiger partial charge is 0.233 e. The normalized spacial score (nSPS) is 13.9. The molecule has 6 nitrogen and oxygen atoms in total. The third-order valence-electron chi connectivity index (χ3n) is 3.20. The molecule has 12 heteroatoms. The molecule has 1 unspecified atom stereocenters. The van der Waals surface area contributed by atoms with Gasteiger partial charge >= 0.3 is 6.18 Å². The average molecular weight is 392 g/mol. The first-order valence-corrected chi connectivity index (χ1v) is 8.81. The van der Waals surface area contributed by atoms with Gasteiger partial charge in [0.2, 0.25) is 10.0 Å². The van der Waals surface area contributed by atoms with Gasteiger partial charge in [0.05, 0.1) is 11.7 Å². The summed E-state index contributed by atoms with van der Waals surface area (Å²) in [4.78, 5) is 3.27. The van der Waals surface area contributed by atoms with Crippen molar-refractivity contribution in [3.8, 4) is 0 Å². The minimum absolute atomic E-state index is 0.151. The lowest BCUT2D eigenvalue weighted by Gasteiger charge is -2.22. The number of halogens is 4. The lowest BCUT2D eigenvalue weighted by atomic mass is 10.1. The topological polar surface area (TPSA) is 84.8 Å². The van der Waals surface area contributed by atoms with Crippen molar-refractivity contribution >= 4 is 32.9 Å². The molecule has 132 valence electrons. The molecule has 0 bridgehead atoms. The zero-order chi connectivity index (χ0) is 18.2. The van der Waals surface area contributed by atoms with Crippen LogP contribution in [-0.2, 0) is 10.0 Å². The Labute approximate surface area is 142 Å². The molecule has 0 amide bonds. The van der Waals surface area contributed by atoms with E-state index in [2.05, 4.69) is 13.7 Å². The fourth-order valence-corrected chi connectivity index (χ4v) is 3.67. The number of nitrogens with zero attached hydrogens (tertiary/aromatic N) is 3. The van der Waals surface area contributed by atoms with E-state index in [1.807, 2.05) is 0 Å². The molecule has 2 heterocycles. The summed E-state index contributed by atoms with van der Waals surface area (Å²) in [7, 11) is -4.56. The number of hydrogen-bond donors (Lipinski definition) is 1. The highest BCUT2D eigenvalue weighted by Crippen LogP contribution is 2.34. The molecule has 25 heavy (non-hydrogen) atoms. The van der Waals surface area contributed by atoms with Crippen molar-refractivity contribution in [2.75, 3.05) is 0 Å². The molecule has 1 N–H and O–H groups in total. The molecule has 0 saturated carbocycles. The van der Waals surface area contributed by atoms with Crippen molar-refractivity contribution in [3.05, 3.63) is 47.9 Å². The summed E-state index contributed by atoms with van der Waals surface area (Å²) < 4.78 is 86.6. The minimum atomic E-state index is -4.93. The quantitative estimate of drug-likeness (QED) is 0.690. The van der Waals surface area contributed by atoms with Gasteiger partial charge in [-0.05, 0) is 23.8 Å². The van der Waals surface area contributed by atoms with E-state index < -0.39 is 38.5 Å². The van der Waals surface area contributed by atoms with Gasteiger partial charge in [-0.3, -0.25) is 0 Å². The van der Waals surface area contributed by atoms with Crippen LogP contribution in [0.15, 0.2) is 41.4 Å². The van der Waals surface area contributed by atoms with E-state index >= 15 is 0 Å². The van der Waals surface area contributed by atoms with Crippen LogP contribution in [-0.4, -0.2) is 28.3 Å². The molecule has 3 aromatic rings. The molecule has 0 radical (unpaired) electrons. The fraction of sp³-hybridized carbons (Fsp3) is 0.154. The van der Waals surface area contributed by atoms with Crippen molar-refractivity contribution in [2.24, 2.45) is 0 Å². The van der Waals surface area contributed by atoms with Gasteiger partial charge in [-0.25, -0.2) is 17.8 Å². The van der Waals surface area contributed by atoms with Crippen LogP contribution < -0.4 is 4.72 Å². The Hall–Kier alpha value is -2.18. The number of fused-ring (bicyclic) bond motifs is 1. The van der Waals surface area contributed by atoms with Crippen molar-refractivity contribution in [1.82, 2.24) is 18.5 Å². The molecule has 0 fully saturated rings. The first-order chi connectivity index (χ1) is 11.7. The van der Waals surface area contributed by atoms with Crippen LogP contribution in [0.3, 0.4) is 0 Å². The molecule has 0 spiro atoms. The third-order valence-corrected chi connectivity index (χ3v) is 5.13. The standard InChI is InChI=1S/C13H8F4N4O2S2/c14-8-3-1-7(2-4-8)11(13(15,16)17)21-25(22,23)9-5-10-12(18-6-9)20-24-19-10/h1-6,11,21H. The Bertz CT molecular complexity index is 1000. The first-order valence-electron chi connectivity index (χ1n) is 6.60. The molecular weight excluding hydrogens is 384 g/mol. The maximum absolute atomic E-state index is 13.3. The van der Waals surface area contributed by atoms with Crippen LogP contribution in [0.25, 0.3) is 11.2 Å². The number of pyridine rings is 1. The molecule has 3 rings (SSSR count). The van der Waals surface area contributed by atoms with E-state index in [1.165, 1.54) is 0 Å². The van der Waals surface area contributed by atoms with E-state index in [1.54, 1.807) is 4.72 Å². The van der Waals surface area contributed by atoms with Crippen LogP contribution in [0.1, 0.15) is 11.6 Å². The molecule has 0 aliphatic carbocycles. The van der Waals surface area contributed by atoms with Crippen molar-refractivity contribution in [1.29, 1.82) is 0 Å². The number of rotatable bonds is 4. The third kappa shape index (κ3) is 3.75. The maximum Gasteiger partial charge on any atom is 0.408 e. The summed E-state index contributed by atoms with van der Waals surface area (Å²) in [5.41, 5.74) is -0.102. The zero-order valence-corrected chi connectivity index (χ0v) is 13.7. The lowest BCUT2D eigenvalue weighted by molar-refractivity contribution is -0.153. The fourth-order valence-electron chi connectivity index (χ4n) is 2.02. The van der Waals surface area contributed by atoms with Crippen molar-refractivity contribution < 1.29 is 26.0 Å². The highest BCUT2D eigenvalue weighted by atomic mass is 32.2. The molecule has 0 saturated heterocycles. The Morgan fingerprint density at radius 1 is 1.12 bits per heavy atom. The number of aromatic nitrogens is 3. The van der Waals surface area contributed by atoms with Gasteiger partial charge in [0.25, 0.3) is 0 Å². The van der Waals surface area contributed by atoms with E-state index in [0.29, 0.717) is 0 Å². The zero-order valence-electron chi connectivity index (χ0n) is 12.0. The molecule has 1 atom stereocenters. The average Bonchev–Trinajstić information content (AvgIpc) is 3.00. The summed E-state index contributed by atoms with van der Waals surface area (Å²) in [5.74, 6) is -0.738. The predicted molar refractivity (Wildman–Crippen MR) is 80.7 cm³/mol. The summed E-state index contributed by atoms with van der Waals surface area (Å²) in [6.07, 6.45) is -4.03. The second-order valence-corrected chi connectivity index (χ2v) is 7.17. The van der Waals surface area contributed by atoms with E-state index in [4.69, 9.17) is 0 Å². The van der Waals surface area contributed by atoms with Gasteiger partial charge in [0, 0.05) is 6.20 Å². The second-order valence-electron chi connectivity index (χ2n) is 4.93. The van der Waals surface area contributed by atoms with Gasteiger partial charge in [0.1, 0.15) is 22.3 Å². The SMILES string of the molecule is O=S(=O)(NC(c1ccc(F)cc1)C(F)(F)F)c1cnc2nsnc2c1. The summed E-state index contributed by atoms with van der Waals surface area (Å²) in [5, 5.41) is 0. The Kier molecular flexibility index (Phi) is 4.43. The van der Waals surface area contributed by atoms with E-state index in [0.717, 1.165) is 48.3 Å². The Balaban J connectivity index is 1.98. The number of nitrogens with one attached hydrogen (secondary N) is 1. The Morgan fingerprint density at radius 2 is 1.80 bits per heavy atom. The maximum atomic E-state index is 13.3. The minimum Gasteiger partial charge on any atom is -0.233 e. The van der Waals surface area contributed by atoms with Crippen LogP contribution >= 0.6 is 11.7 Å². The van der Waals surface area contributed by atoms with Gasteiger partial charge in [-0.1, -0.05) is 12.1 Å². The predicted octanol–water partition coefficient (Wildman–Crippen LogP) is 2.81. The van der Waals surface area contributed by atoms with E-state index in [9.17, 15) is 26.0 Å².